The Kier molecular flexibility index (Phi) is 5.37. The molecule has 7 heteroatoms. The summed E-state index contributed by atoms with van der Waals surface area (Å²) in [4.78, 5) is 14.7. The Morgan fingerprint density at radius 3 is 2.58 bits per heavy atom. The van der Waals surface area contributed by atoms with Crippen molar-refractivity contribution in [3.63, 3.8) is 0 Å². The van der Waals surface area contributed by atoms with Crippen molar-refractivity contribution in [2.45, 2.75) is 52.0 Å². The highest BCUT2D eigenvalue weighted by atomic mass is 16.7. The van der Waals surface area contributed by atoms with Crippen molar-refractivity contribution >= 4 is 5.97 Å². The summed E-state index contributed by atoms with van der Waals surface area (Å²) in [7, 11) is 2.03. The van der Waals surface area contributed by atoms with Gasteiger partial charge in [0.1, 0.15) is 22.8 Å². The van der Waals surface area contributed by atoms with Crippen LogP contribution in [0.3, 0.4) is 0 Å². The maximum absolute atomic E-state index is 12.1. The Hall–Kier alpha value is -3.32. The number of carbonyl (C=O) groups is 1. The third-order valence-electron chi connectivity index (χ3n) is 6.16. The average molecular weight is 448 g/mol. The maximum atomic E-state index is 12.1. The van der Waals surface area contributed by atoms with Crippen LogP contribution in [0.25, 0.3) is 0 Å². The first-order valence-electron chi connectivity index (χ1n) is 11.4. The van der Waals surface area contributed by atoms with Crippen molar-refractivity contribution in [1.29, 1.82) is 0 Å². The number of likely N-dealkylation sites (tertiary alicyclic amines) is 1. The van der Waals surface area contributed by atoms with Gasteiger partial charge in [0, 0.05) is 33.5 Å². The molecule has 1 atom stereocenters. The predicted octanol–water partition coefficient (Wildman–Crippen LogP) is 5.14. The van der Waals surface area contributed by atoms with Crippen LogP contribution in [0.15, 0.2) is 48.5 Å². The number of hydrogen-bond donors (Lipinski definition) is 0. The van der Waals surface area contributed by atoms with Crippen LogP contribution in [0.1, 0.15) is 60.0 Å². The van der Waals surface area contributed by atoms with E-state index in [0.29, 0.717) is 23.1 Å². The molecule has 0 bridgehead atoms. The third kappa shape index (κ3) is 4.46. The summed E-state index contributed by atoms with van der Waals surface area (Å²) in [6, 6.07) is 15.9. The van der Waals surface area contributed by atoms with E-state index in [9.17, 15) is 4.79 Å². The first-order chi connectivity index (χ1) is 15.8. The summed E-state index contributed by atoms with van der Waals surface area (Å²) < 4.78 is 19.1. The summed E-state index contributed by atoms with van der Waals surface area (Å²) in [6.45, 7) is 7.43. The van der Waals surface area contributed by atoms with Gasteiger partial charge in [0.15, 0.2) is 0 Å². The zero-order valence-electron chi connectivity index (χ0n) is 19.5. The van der Waals surface area contributed by atoms with Crippen LogP contribution in [0.5, 0.6) is 17.2 Å². The van der Waals surface area contributed by atoms with E-state index < -0.39 is 11.8 Å². The van der Waals surface area contributed by atoms with Crippen molar-refractivity contribution < 1.29 is 19.0 Å². The van der Waals surface area contributed by atoms with Crippen LogP contribution in [0, 0.1) is 6.92 Å². The van der Waals surface area contributed by atoms with Gasteiger partial charge < -0.3 is 14.2 Å². The summed E-state index contributed by atoms with van der Waals surface area (Å²) in [5.41, 5.74) is 3.99. The van der Waals surface area contributed by atoms with Gasteiger partial charge >= 0.3 is 5.97 Å². The molecule has 2 aromatic carbocycles. The van der Waals surface area contributed by atoms with E-state index in [1.807, 2.05) is 30.8 Å². The van der Waals surface area contributed by atoms with E-state index in [1.54, 1.807) is 32.0 Å². The molecular formula is C26H29N3O4. The van der Waals surface area contributed by atoms with E-state index in [-0.39, 0.29) is 0 Å². The molecule has 0 aliphatic carbocycles. The Balaban J connectivity index is 1.27. The summed E-state index contributed by atoms with van der Waals surface area (Å²) in [5, 5.41) is 4.53. The zero-order valence-corrected chi connectivity index (χ0v) is 19.5. The van der Waals surface area contributed by atoms with E-state index in [1.165, 1.54) is 17.7 Å². The van der Waals surface area contributed by atoms with Gasteiger partial charge in [-0.2, -0.15) is 5.10 Å². The van der Waals surface area contributed by atoms with E-state index in [4.69, 9.17) is 14.2 Å². The third-order valence-corrected chi connectivity index (χ3v) is 6.16. The molecular weight excluding hydrogens is 418 g/mol. The number of nitrogens with zero attached hydrogens (tertiary/aromatic N) is 3. The Morgan fingerprint density at radius 2 is 1.85 bits per heavy atom. The van der Waals surface area contributed by atoms with Gasteiger partial charge in [0.25, 0.3) is 0 Å². The predicted molar refractivity (Wildman–Crippen MR) is 123 cm³/mol. The minimum absolute atomic E-state index is 0.390. The lowest BCUT2D eigenvalue weighted by Gasteiger charge is -2.31. The lowest BCUT2D eigenvalue weighted by atomic mass is 10.1. The molecule has 0 amide bonds. The van der Waals surface area contributed by atoms with Gasteiger partial charge in [-0.25, -0.2) is 4.79 Å². The summed E-state index contributed by atoms with van der Waals surface area (Å²) in [6.07, 6.45) is 2.35. The molecule has 33 heavy (non-hydrogen) atoms. The Bertz CT molecular complexity index is 1180. The van der Waals surface area contributed by atoms with Crippen LogP contribution < -0.4 is 9.47 Å². The molecule has 1 saturated heterocycles. The second-order valence-corrected chi connectivity index (χ2v) is 9.26. The lowest BCUT2D eigenvalue weighted by molar-refractivity contribution is -0.127. The lowest BCUT2D eigenvalue weighted by Crippen LogP contribution is -2.38. The highest BCUT2D eigenvalue weighted by Crippen LogP contribution is 2.36. The monoisotopic (exact) mass is 447 g/mol. The molecule has 5 rings (SSSR count). The summed E-state index contributed by atoms with van der Waals surface area (Å²) >= 11 is 0. The smallest absolute Gasteiger partial charge is 0.345 e. The maximum Gasteiger partial charge on any atom is 0.345 e. The molecule has 0 radical (unpaired) electrons. The molecule has 172 valence electrons. The number of carbonyl (C=O) groups excluding carboxylic acids is 1. The van der Waals surface area contributed by atoms with Crippen molar-refractivity contribution in [2.75, 3.05) is 6.54 Å². The molecule has 7 nitrogen and oxygen atoms in total. The number of rotatable bonds is 5. The standard InChI is InChI=1S/C26H29N3O4/c1-17-14-23(28(4)27-17)22-6-5-13-29(22)16-18-7-9-19(10-8-18)31-20-11-12-21-24(15-20)32-26(2,3)33-25(21)30/h7-12,14-15,22H,5-6,13,16H2,1-4H3/t22-/m0/s1. The highest BCUT2D eigenvalue weighted by Gasteiger charge is 2.34. The minimum Gasteiger partial charge on any atom is -0.457 e. The fraction of sp³-hybridized carbons (Fsp3) is 0.385. The molecule has 1 aromatic heterocycles. The molecule has 3 aromatic rings. The van der Waals surface area contributed by atoms with E-state index >= 15 is 0 Å². The fourth-order valence-electron chi connectivity index (χ4n) is 4.71. The van der Waals surface area contributed by atoms with Gasteiger partial charge in [0.05, 0.1) is 17.4 Å². The molecule has 3 heterocycles. The largest absolute Gasteiger partial charge is 0.457 e. The second kappa shape index (κ2) is 8.23. The van der Waals surface area contributed by atoms with Crippen LogP contribution in [0.2, 0.25) is 0 Å². The van der Waals surface area contributed by atoms with E-state index in [2.05, 4.69) is 28.2 Å². The number of benzene rings is 2. The van der Waals surface area contributed by atoms with E-state index in [0.717, 1.165) is 31.0 Å². The van der Waals surface area contributed by atoms with Crippen LogP contribution >= 0.6 is 0 Å². The number of hydrogen-bond acceptors (Lipinski definition) is 6. The molecule has 1 fully saturated rings. The number of aryl methyl sites for hydroxylation is 2. The van der Waals surface area contributed by atoms with Gasteiger partial charge in [0.2, 0.25) is 5.79 Å². The highest BCUT2D eigenvalue weighted by molar-refractivity contribution is 5.93. The number of cyclic esters (lactones) is 1. The quantitative estimate of drug-likeness (QED) is 0.505. The molecule has 2 aliphatic heterocycles. The van der Waals surface area contributed by atoms with Crippen molar-refractivity contribution in [2.24, 2.45) is 7.05 Å². The second-order valence-electron chi connectivity index (χ2n) is 9.26. The summed E-state index contributed by atoms with van der Waals surface area (Å²) in [5.74, 6) is 0.427. The van der Waals surface area contributed by atoms with Crippen molar-refractivity contribution in [3.8, 4) is 17.2 Å². The van der Waals surface area contributed by atoms with Crippen LogP contribution in [0.4, 0.5) is 0 Å². The Labute approximate surface area is 193 Å². The average Bonchev–Trinajstić information content (AvgIpc) is 3.33. The normalized spacial score (nSPS) is 19.6. The first kappa shape index (κ1) is 21.5. The topological polar surface area (TPSA) is 65.8 Å². The molecule has 0 N–H and O–H groups in total. The molecule has 0 spiro atoms. The number of ether oxygens (including phenoxy) is 3. The minimum atomic E-state index is -0.994. The zero-order chi connectivity index (χ0) is 23.2. The van der Waals surface area contributed by atoms with Gasteiger partial charge in [-0.05, 0) is 62.2 Å². The molecule has 0 saturated carbocycles. The number of aromatic nitrogens is 2. The van der Waals surface area contributed by atoms with Crippen LogP contribution in [-0.4, -0.2) is 33.0 Å². The van der Waals surface area contributed by atoms with Crippen molar-refractivity contribution in [1.82, 2.24) is 14.7 Å². The fourth-order valence-corrected chi connectivity index (χ4v) is 4.71. The van der Waals surface area contributed by atoms with Crippen LogP contribution in [-0.2, 0) is 18.3 Å². The molecule has 2 aliphatic rings. The van der Waals surface area contributed by atoms with Crippen molar-refractivity contribution in [3.05, 3.63) is 71.0 Å². The molecule has 0 unspecified atom stereocenters. The van der Waals surface area contributed by atoms with Gasteiger partial charge in [-0.15, -0.1) is 0 Å². The first-order valence-corrected chi connectivity index (χ1v) is 11.4. The van der Waals surface area contributed by atoms with Gasteiger partial charge in [-0.1, -0.05) is 12.1 Å². The SMILES string of the molecule is Cc1cc([C@@H]2CCCN2Cc2ccc(Oc3ccc4c(c3)OC(C)(C)OC4=O)cc2)n(C)n1. The van der Waals surface area contributed by atoms with Gasteiger partial charge in [-0.3, -0.25) is 9.58 Å². The number of fused-ring (bicyclic) bond motifs is 1. The number of esters is 1. The Morgan fingerprint density at radius 1 is 1.09 bits per heavy atom.